The van der Waals surface area contributed by atoms with Crippen LogP contribution in [-0.4, -0.2) is 27.5 Å². The Balaban J connectivity index is 1.63. The molecule has 124 valence electrons. The molecular formula is C18H20N4O2. The van der Waals surface area contributed by atoms with Gasteiger partial charge in [0.25, 0.3) is 5.56 Å². The van der Waals surface area contributed by atoms with Gasteiger partial charge in [0.1, 0.15) is 0 Å². The van der Waals surface area contributed by atoms with Crippen molar-refractivity contribution in [3.8, 4) is 6.07 Å². The summed E-state index contributed by atoms with van der Waals surface area (Å²) < 4.78 is 1.66. The number of aromatic amines is 1. The fraction of sp³-hybridized carbons (Fsp3) is 0.389. The molecule has 1 saturated heterocycles. The lowest BCUT2D eigenvalue weighted by Gasteiger charge is -2.32. The Labute approximate surface area is 140 Å². The van der Waals surface area contributed by atoms with E-state index in [0.717, 1.165) is 32.5 Å². The Bertz CT molecular complexity index is 866. The van der Waals surface area contributed by atoms with Crippen LogP contribution in [0.25, 0.3) is 0 Å². The number of nitrogens with one attached hydrogen (secondary N) is 1. The number of aryl methyl sites for hydroxylation is 1. The van der Waals surface area contributed by atoms with Crippen LogP contribution >= 0.6 is 0 Å². The molecule has 1 N–H and O–H groups in total. The summed E-state index contributed by atoms with van der Waals surface area (Å²) in [7, 11) is 0. The van der Waals surface area contributed by atoms with Gasteiger partial charge in [0, 0.05) is 37.4 Å². The van der Waals surface area contributed by atoms with Gasteiger partial charge in [-0.25, -0.2) is 4.79 Å². The molecule has 1 aromatic heterocycles. The predicted octanol–water partition coefficient (Wildman–Crippen LogP) is 1.55. The SMILES string of the molecule is Cc1cn(C2CCN(Cc3ccc(C#N)cc3)CC2)c(=O)[nH]c1=O. The molecule has 6 heteroatoms. The standard InChI is InChI=1S/C18H20N4O2/c1-13-11-22(18(24)20-17(13)23)16-6-8-21(9-7-16)12-15-4-2-14(10-19)3-5-15/h2-5,11,16H,6-9,12H2,1H3,(H,20,23,24). The lowest BCUT2D eigenvalue weighted by molar-refractivity contribution is 0.177. The molecule has 2 heterocycles. The molecule has 1 aromatic carbocycles. The summed E-state index contributed by atoms with van der Waals surface area (Å²) in [5.74, 6) is 0. The molecule has 0 atom stereocenters. The topological polar surface area (TPSA) is 81.9 Å². The van der Waals surface area contributed by atoms with Gasteiger partial charge in [-0.15, -0.1) is 0 Å². The first-order valence-electron chi connectivity index (χ1n) is 8.10. The molecule has 1 aliphatic heterocycles. The summed E-state index contributed by atoms with van der Waals surface area (Å²) >= 11 is 0. The van der Waals surface area contributed by atoms with Gasteiger partial charge in [0.05, 0.1) is 11.6 Å². The van der Waals surface area contributed by atoms with E-state index in [9.17, 15) is 9.59 Å². The zero-order chi connectivity index (χ0) is 17.1. The van der Waals surface area contributed by atoms with Gasteiger partial charge in [-0.1, -0.05) is 12.1 Å². The minimum atomic E-state index is -0.323. The predicted molar refractivity (Wildman–Crippen MR) is 90.8 cm³/mol. The molecule has 24 heavy (non-hydrogen) atoms. The maximum atomic E-state index is 12.0. The number of aromatic nitrogens is 2. The third kappa shape index (κ3) is 3.47. The van der Waals surface area contributed by atoms with Crippen molar-refractivity contribution in [1.29, 1.82) is 5.26 Å². The number of likely N-dealkylation sites (tertiary alicyclic amines) is 1. The number of rotatable bonds is 3. The van der Waals surface area contributed by atoms with Crippen LogP contribution in [0.1, 0.15) is 35.6 Å². The number of benzene rings is 1. The zero-order valence-corrected chi connectivity index (χ0v) is 13.7. The van der Waals surface area contributed by atoms with Crippen molar-refractivity contribution < 1.29 is 0 Å². The van der Waals surface area contributed by atoms with Crippen molar-refractivity contribution >= 4 is 0 Å². The minimum absolute atomic E-state index is 0.130. The summed E-state index contributed by atoms with van der Waals surface area (Å²) in [4.78, 5) is 28.2. The first-order valence-corrected chi connectivity index (χ1v) is 8.10. The van der Waals surface area contributed by atoms with E-state index in [4.69, 9.17) is 5.26 Å². The van der Waals surface area contributed by atoms with Crippen LogP contribution in [-0.2, 0) is 6.54 Å². The minimum Gasteiger partial charge on any atom is -0.299 e. The summed E-state index contributed by atoms with van der Waals surface area (Å²) in [5.41, 5.74) is 1.79. The van der Waals surface area contributed by atoms with Gasteiger partial charge >= 0.3 is 5.69 Å². The molecule has 2 aromatic rings. The highest BCUT2D eigenvalue weighted by molar-refractivity contribution is 5.31. The maximum absolute atomic E-state index is 12.0. The Hall–Kier alpha value is -2.65. The first kappa shape index (κ1) is 16.2. The molecule has 1 fully saturated rings. The second kappa shape index (κ2) is 6.85. The Morgan fingerprint density at radius 3 is 2.50 bits per heavy atom. The summed E-state index contributed by atoms with van der Waals surface area (Å²) in [6.07, 6.45) is 3.42. The highest BCUT2D eigenvalue weighted by atomic mass is 16.2. The molecule has 0 aliphatic carbocycles. The number of nitrogens with zero attached hydrogens (tertiary/aromatic N) is 3. The van der Waals surface area contributed by atoms with E-state index in [1.54, 1.807) is 17.7 Å². The van der Waals surface area contributed by atoms with E-state index in [2.05, 4.69) is 16.0 Å². The average Bonchev–Trinajstić information content (AvgIpc) is 2.60. The van der Waals surface area contributed by atoms with E-state index < -0.39 is 0 Å². The van der Waals surface area contributed by atoms with Crippen LogP contribution in [0.3, 0.4) is 0 Å². The normalized spacial score (nSPS) is 16.0. The van der Waals surface area contributed by atoms with Crippen molar-refractivity contribution in [2.45, 2.75) is 32.4 Å². The molecule has 0 unspecified atom stereocenters. The van der Waals surface area contributed by atoms with Crippen LogP contribution in [0.5, 0.6) is 0 Å². The molecule has 6 nitrogen and oxygen atoms in total. The van der Waals surface area contributed by atoms with Crippen molar-refractivity contribution in [3.63, 3.8) is 0 Å². The second-order valence-corrected chi connectivity index (χ2v) is 6.29. The van der Waals surface area contributed by atoms with E-state index in [1.165, 1.54) is 5.56 Å². The smallest absolute Gasteiger partial charge is 0.299 e. The third-order valence-corrected chi connectivity index (χ3v) is 4.59. The lowest BCUT2D eigenvalue weighted by atomic mass is 10.0. The first-order chi connectivity index (χ1) is 11.6. The number of nitriles is 1. The number of hydrogen-bond acceptors (Lipinski definition) is 4. The highest BCUT2D eigenvalue weighted by Crippen LogP contribution is 2.22. The van der Waals surface area contributed by atoms with Crippen LogP contribution < -0.4 is 11.2 Å². The van der Waals surface area contributed by atoms with Crippen LogP contribution in [0.4, 0.5) is 0 Å². The van der Waals surface area contributed by atoms with Gasteiger partial charge in [-0.2, -0.15) is 5.26 Å². The lowest BCUT2D eigenvalue weighted by Crippen LogP contribution is -2.39. The van der Waals surface area contributed by atoms with E-state index >= 15 is 0 Å². The monoisotopic (exact) mass is 324 g/mol. The Morgan fingerprint density at radius 2 is 1.88 bits per heavy atom. The van der Waals surface area contributed by atoms with Crippen molar-refractivity contribution in [2.24, 2.45) is 0 Å². The zero-order valence-electron chi connectivity index (χ0n) is 13.7. The number of hydrogen-bond donors (Lipinski definition) is 1. The summed E-state index contributed by atoms with van der Waals surface area (Å²) in [6, 6.07) is 9.90. The van der Waals surface area contributed by atoms with Crippen LogP contribution in [0.15, 0.2) is 40.1 Å². The number of piperidine rings is 1. The molecule has 3 rings (SSSR count). The molecule has 0 radical (unpaired) electrons. The van der Waals surface area contributed by atoms with Crippen molar-refractivity contribution in [2.75, 3.05) is 13.1 Å². The van der Waals surface area contributed by atoms with Crippen molar-refractivity contribution in [3.05, 3.63) is 68.0 Å². The van der Waals surface area contributed by atoms with Gasteiger partial charge < -0.3 is 0 Å². The average molecular weight is 324 g/mol. The molecule has 0 amide bonds. The third-order valence-electron chi connectivity index (χ3n) is 4.59. The molecule has 0 saturated carbocycles. The number of H-pyrrole nitrogens is 1. The largest absolute Gasteiger partial charge is 0.328 e. The van der Waals surface area contributed by atoms with Gasteiger partial charge in [-0.05, 0) is 37.5 Å². The van der Waals surface area contributed by atoms with E-state index in [1.807, 2.05) is 24.3 Å². The second-order valence-electron chi connectivity index (χ2n) is 6.29. The Kier molecular flexibility index (Phi) is 4.63. The molecule has 0 spiro atoms. The summed E-state index contributed by atoms with van der Waals surface area (Å²) in [6.45, 7) is 4.36. The highest BCUT2D eigenvalue weighted by Gasteiger charge is 2.21. The molecule has 0 bridgehead atoms. The maximum Gasteiger partial charge on any atom is 0.328 e. The van der Waals surface area contributed by atoms with E-state index in [0.29, 0.717) is 11.1 Å². The fourth-order valence-electron chi connectivity index (χ4n) is 3.16. The van der Waals surface area contributed by atoms with Gasteiger partial charge in [0.15, 0.2) is 0 Å². The fourth-order valence-corrected chi connectivity index (χ4v) is 3.16. The molecule has 1 aliphatic rings. The van der Waals surface area contributed by atoms with Gasteiger partial charge in [0.2, 0.25) is 0 Å². The molecular weight excluding hydrogens is 304 g/mol. The van der Waals surface area contributed by atoms with Crippen molar-refractivity contribution in [1.82, 2.24) is 14.5 Å². The van der Waals surface area contributed by atoms with Crippen LogP contribution in [0, 0.1) is 18.3 Å². The van der Waals surface area contributed by atoms with E-state index in [-0.39, 0.29) is 17.3 Å². The quantitative estimate of drug-likeness (QED) is 0.929. The van der Waals surface area contributed by atoms with Crippen LogP contribution in [0.2, 0.25) is 0 Å². The summed E-state index contributed by atoms with van der Waals surface area (Å²) in [5, 5.41) is 8.84. The Morgan fingerprint density at radius 1 is 1.21 bits per heavy atom. The van der Waals surface area contributed by atoms with Gasteiger partial charge in [-0.3, -0.25) is 19.2 Å².